The minimum atomic E-state index is -0.629. The zero-order valence-electron chi connectivity index (χ0n) is 10.9. The molecule has 0 aliphatic rings. The van der Waals surface area contributed by atoms with Crippen molar-refractivity contribution in [2.45, 2.75) is 25.4 Å². The van der Waals surface area contributed by atoms with Crippen LogP contribution in [0.15, 0.2) is 24.4 Å². The maximum Gasteiger partial charge on any atom is 0.0648 e. The minimum Gasteiger partial charge on any atom is -0.394 e. The molecule has 0 unspecified atom stereocenters. The second-order valence-corrected chi connectivity index (χ2v) is 5.24. The summed E-state index contributed by atoms with van der Waals surface area (Å²) >= 11 is 5.94. The first kappa shape index (κ1) is 14.3. The predicted molar refractivity (Wildman–Crippen MR) is 77.3 cm³/mol. The van der Waals surface area contributed by atoms with Crippen molar-refractivity contribution in [2.75, 3.05) is 13.2 Å². The lowest BCUT2D eigenvalue weighted by Gasteiger charge is -2.29. The van der Waals surface area contributed by atoms with E-state index in [2.05, 4.69) is 10.3 Å². The van der Waals surface area contributed by atoms with E-state index in [9.17, 15) is 10.2 Å². The van der Waals surface area contributed by atoms with E-state index >= 15 is 0 Å². The van der Waals surface area contributed by atoms with Crippen molar-refractivity contribution in [1.29, 1.82) is 0 Å². The molecule has 4 N–H and O–H groups in total. The number of aliphatic hydroxyl groups excluding tert-OH is 2. The van der Waals surface area contributed by atoms with Crippen LogP contribution in [0.4, 0.5) is 0 Å². The summed E-state index contributed by atoms with van der Waals surface area (Å²) in [6.07, 6.45) is 2.58. The second kappa shape index (κ2) is 5.92. The molecule has 0 saturated carbocycles. The van der Waals surface area contributed by atoms with E-state index in [0.717, 1.165) is 16.5 Å². The fourth-order valence-corrected chi connectivity index (χ4v) is 2.27. The number of hydrogen-bond acceptors (Lipinski definition) is 3. The summed E-state index contributed by atoms with van der Waals surface area (Å²) < 4.78 is 0. The molecule has 0 fully saturated rings. The third kappa shape index (κ3) is 2.92. The number of H-pyrrole nitrogens is 1. The Morgan fingerprint density at radius 2 is 2.05 bits per heavy atom. The molecular weight excluding hydrogens is 264 g/mol. The summed E-state index contributed by atoms with van der Waals surface area (Å²) in [4.78, 5) is 3.17. The van der Waals surface area contributed by atoms with Gasteiger partial charge in [-0.2, -0.15) is 0 Å². The number of benzene rings is 1. The van der Waals surface area contributed by atoms with Crippen LogP contribution in [-0.2, 0) is 6.54 Å². The number of nitrogens with one attached hydrogen (secondary N) is 2. The number of rotatable bonds is 6. The van der Waals surface area contributed by atoms with Gasteiger partial charge in [-0.3, -0.25) is 0 Å². The van der Waals surface area contributed by atoms with Crippen molar-refractivity contribution in [3.8, 4) is 0 Å². The molecule has 0 saturated heterocycles. The molecule has 4 nitrogen and oxygen atoms in total. The Bertz CT molecular complexity index is 541. The summed E-state index contributed by atoms with van der Waals surface area (Å²) in [5, 5.41) is 23.8. The highest BCUT2D eigenvalue weighted by molar-refractivity contribution is 6.31. The molecule has 104 valence electrons. The molecule has 1 heterocycles. The van der Waals surface area contributed by atoms with E-state index < -0.39 is 5.54 Å². The normalized spacial score (nSPS) is 12.2. The highest BCUT2D eigenvalue weighted by Crippen LogP contribution is 2.22. The zero-order chi connectivity index (χ0) is 13.9. The third-order valence-electron chi connectivity index (χ3n) is 3.67. The van der Waals surface area contributed by atoms with Crippen molar-refractivity contribution in [3.63, 3.8) is 0 Å². The Balaban J connectivity index is 2.18. The van der Waals surface area contributed by atoms with Crippen LogP contribution >= 0.6 is 11.6 Å². The number of aliphatic hydroxyl groups is 2. The molecular formula is C14H19ClN2O2. The summed E-state index contributed by atoms with van der Waals surface area (Å²) in [7, 11) is 0. The Labute approximate surface area is 117 Å². The van der Waals surface area contributed by atoms with Crippen LogP contribution < -0.4 is 5.32 Å². The number of aromatic nitrogens is 1. The highest BCUT2D eigenvalue weighted by Gasteiger charge is 2.25. The molecule has 1 aromatic heterocycles. The molecule has 1 aromatic carbocycles. The number of aromatic amines is 1. The van der Waals surface area contributed by atoms with E-state index in [0.29, 0.717) is 18.0 Å². The minimum absolute atomic E-state index is 0.0891. The Hall–Kier alpha value is -1.07. The SMILES string of the molecule is CCC(CO)(CO)NCc1c[nH]c2cc(Cl)ccc12. The van der Waals surface area contributed by atoms with Gasteiger partial charge in [-0.25, -0.2) is 0 Å². The lowest BCUT2D eigenvalue weighted by molar-refractivity contribution is 0.0865. The summed E-state index contributed by atoms with van der Waals surface area (Å²) in [6, 6.07) is 5.70. The van der Waals surface area contributed by atoms with Crippen molar-refractivity contribution in [3.05, 3.63) is 35.0 Å². The van der Waals surface area contributed by atoms with Gasteiger partial charge in [-0.1, -0.05) is 24.6 Å². The van der Waals surface area contributed by atoms with Gasteiger partial charge in [0, 0.05) is 28.7 Å². The van der Waals surface area contributed by atoms with Crippen LogP contribution in [0.25, 0.3) is 10.9 Å². The van der Waals surface area contributed by atoms with Gasteiger partial charge in [0.1, 0.15) is 0 Å². The van der Waals surface area contributed by atoms with Gasteiger partial charge < -0.3 is 20.5 Å². The molecule has 0 atom stereocenters. The monoisotopic (exact) mass is 282 g/mol. The quantitative estimate of drug-likeness (QED) is 0.655. The molecule has 0 bridgehead atoms. The summed E-state index contributed by atoms with van der Waals surface area (Å²) in [5.74, 6) is 0. The van der Waals surface area contributed by atoms with Gasteiger partial charge >= 0.3 is 0 Å². The molecule has 0 aliphatic carbocycles. The molecule has 2 rings (SSSR count). The van der Waals surface area contributed by atoms with Crippen LogP contribution in [0.2, 0.25) is 5.02 Å². The van der Waals surface area contributed by atoms with Crippen molar-refractivity contribution in [2.24, 2.45) is 0 Å². The highest BCUT2D eigenvalue weighted by atomic mass is 35.5. The van der Waals surface area contributed by atoms with Gasteiger partial charge in [0.25, 0.3) is 0 Å². The smallest absolute Gasteiger partial charge is 0.0648 e. The van der Waals surface area contributed by atoms with Crippen LogP contribution in [0.3, 0.4) is 0 Å². The van der Waals surface area contributed by atoms with Gasteiger partial charge in [0.2, 0.25) is 0 Å². The fraction of sp³-hybridized carbons (Fsp3) is 0.429. The molecule has 5 heteroatoms. The number of hydrogen-bond donors (Lipinski definition) is 4. The van der Waals surface area contributed by atoms with Gasteiger partial charge in [0.05, 0.1) is 18.8 Å². The first-order valence-electron chi connectivity index (χ1n) is 6.36. The van der Waals surface area contributed by atoms with Crippen LogP contribution in [0.1, 0.15) is 18.9 Å². The number of fused-ring (bicyclic) bond motifs is 1. The van der Waals surface area contributed by atoms with Crippen LogP contribution in [-0.4, -0.2) is 33.9 Å². The summed E-state index contributed by atoms with van der Waals surface area (Å²) in [5.41, 5.74) is 1.45. The van der Waals surface area contributed by atoms with E-state index in [1.807, 2.05) is 31.3 Å². The first-order valence-corrected chi connectivity index (χ1v) is 6.74. The summed E-state index contributed by atoms with van der Waals surface area (Å²) in [6.45, 7) is 2.34. The Morgan fingerprint density at radius 3 is 2.68 bits per heavy atom. The van der Waals surface area contributed by atoms with Gasteiger partial charge in [0.15, 0.2) is 0 Å². The van der Waals surface area contributed by atoms with Crippen molar-refractivity contribution in [1.82, 2.24) is 10.3 Å². The first-order chi connectivity index (χ1) is 9.14. The molecule has 0 amide bonds. The molecule has 2 aromatic rings. The Morgan fingerprint density at radius 1 is 1.32 bits per heavy atom. The lowest BCUT2D eigenvalue weighted by Crippen LogP contribution is -2.50. The fourth-order valence-electron chi connectivity index (χ4n) is 2.10. The zero-order valence-corrected chi connectivity index (χ0v) is 11.7. The molecule has 0 aliphatic heterocycles. The molecule has 0 spiro atoms. The van der Waals surface area contributed by atoms with E-state index in [-0.39, 0.29) is 13.2 Å². The standard InChI is InChI=1S/C14H19ClN2O2/c1-2-14(8-18,9-19)17-7-10-6-16-13-5-11(15)3-4-12(10)13/h3-6,16-19H,2,7-9H2,1H3. The lowest BCUT2D eigenvalue weighted by atomic mass is 9.98. The van der Waals surface area contributed by atoms with E-state index in [1.165, 1.54) is 0 Å². The van der Waals surface area contributed by atoms with E-state index in [1.54, 1.807) is 0 Å². The van der Waals surface area contributed by atoms with E-state index in [4.69, 9.17) is 11.6 Å². The maximum atomic E-state index is 9.41. The largest absolute Gasteiger partial charge is 0.394 e. The Kier molecular flexibility index (Phi) is 4.47. The van der Waals surface area contributed by atoms with Crippen molar-refractivity contribution >= 4 is 22.5 Å². The maximum absolute atomic E-state index is 9.41. The topological polar surface area (TPSA) is 68.3 Å². The van der Waals surface area contributed by atoms with Crippen LogP contribution in [0, 0.1) is 0 Å². The average Bonchev–Trinajstić information content (AvgIpc) is 2.83. The average molecular weight is 283 g/mol. The molecule has 0 radical (unpaired) electrons. The molecule has 19 heavy (non-hydrogen) atoms. The van der Waals surface area contributed by atoms with Crippen molar-refractivity contribution < 1.29 is 10.2 Å². The second-order valence-electron chi connectivity index (χ2n) is 4.81. The van der Waals surface area contributed by atoms with Gasteiger partial charge in [-0.05, 0) is 24.1 Å². The number of halogens is 1. The van der Waals surface area contributed by atoms with Gasteiger partial charge in [-0.15, -0.1) is 0 Å². The van der Waals surface area contributed by atoms with Crippen LogP contribution in [0.5, 0.6) is 0 Å². The predicted octanol–water partition coefficient (Wildman–Crippen LogP) is 2.04. The third-order valence-corrected chi connectivity index (χ3v) is 3.90.